The van der Waals surface area contributed by atoms with Crippen LogP contribution in [0.3, 0.4) is 0 Å². The number of rotatable bonds is 6. The zero-order valence-electron chi connectivity index (χ0n) is 13.1. The van der Waals surface area contributed by atoms with Crippen molar-refractivity contribution in [3.8, 4) is 5.75 Å². The van der Waals surface area contributed by atoms with Gasteiger partial charge in [0.2, 0.25) is 0 Å². The molecule has 0 saturated heterocycles. The molecule has 128 valence electrons. The summed E-state index contributed by atoms with van der Waals surface area (Å²) in [4.78, 5) is 11.5. The fourth-order valence-electron chi connectivity index (χ4n) is 1.89. The number of halogens is 1. The highest BCUT2D eigenvalue weighted by Gasteiger charge is 2.16. The van der Waals surface area contributed by atoms with E-state index in [9.17, 15) is 13.2 Å². The summed E-state index contributed by atoms with van der Waals surface area (Å²) in [5.74, 6) is 0.150. The van der Waals surface area contributed by atoms with Gasteiger partial charge in [-0.1, -0.05) is 15.9 Å². The van der Waals surface area contributed by atoms with Crippen molar-refractivity contribution < 1.29 is 17.9 Å². The fraction of sp³-hybridized carbons (Fsp3) is 0.188. The summed E-state index contributed by atoms with van der Waals surface area (Å²) in [7, 11) is -2.17. The van der Waals surface area contributed by atoms with Gasteiger partial charge < -0.3 is 10.1 Å². The average molecular weight is 413 g/mol. The Morgan fingerprint density at radius 3 is 2.21 bits per heavy atom. The van der Waals surface area contributed by atoms with Crippen LogP contribution in [0.1, 0.15) is 6.92 Å². The maximum Gasteiger partial charge on any atom is 0.261 e. The number of benzene rings is 2. The predicted molar refractivity (Wildman–Crippen MR) is 95.5 cm³/mol. The highest BCUT2D eigenvalue weighted by molar-refractivity contribution is 9.10. The molecule has 0 aromatic heterocycles. The van der Waals surface area contributed by atoms with Gasteiger partial charge >= 0.3 is 0 Å². The van der Waals surface area contributed by atoms with Crippen LogP contribution in [0.2, 0.25) is 0 Å². The first-order chi connectivity index (χ1) is 11.3. The van der Waals surface area contributed by atoms with Crippen LogP contribution in [-0.4, -0.2) is 27.5 Å². The maximum atomic E-state index is 12.3. The third-order valence-electron chi connectivity index (χ3n) is 3.16. The molecule has 6 nitrogen and oxygen atoms in total. The minimum absolute atomic E-state index is 0.102. The Kier molecular flexibility index (Phi) is 5.84. The molecule has 2 aromatic rings. The quantitative estimate of drug-likeness (QED) is 0.763. The van der Waals surface area contributed by atoms with Crippen LogP contribution >= 0.6 is 15.9 Å². The Balaban J connectivity index is 2.11. The van der Waals surface area contributed by atoms with Crippen LogP contribution < -0.4 is 14.8 Å². The highest BCUT2D eigenvalue weighted by Crippen LogP contribution is 2.21. The number of ether oxygens (including phenoxy) is 1. The van der Waals surface area contributed by atoms with E-state index in [2.05, 4.69) is 26.0 Å². The Bertz CT molecular complexity index is 805. The Morgan fingerprint density at radius 1 is 1.08 bits per heavy atom. The molecule has 0 saturated carbocycles. The van der Waals surface area contributed by atoms with E-state index >= 15 is 0 Å². The van der Waals surface area contributed by atoms with Gasteiger partial charge in [-0.05, 0) is 55.5 Å². The van der Waals surface area contributed by atoms with Crippen LogP contribution in [0.4, 0.5) is 5.69 Å². The van der Waals surface area contributed by atoms with E-state index in [1.54, 1.807) is 31.2 Å². The van der Waals surface area contributed by atoms with Gasteiger partial charge in [-0.3, -0.25) is 9.52 Å². The molecule has 1 atom stereocenters. The van der Waals surface area contributed by atoms with Crippen LogP contribution in [-0.2, 0) is 14.8 Å². The molecule has 0 aliphatic rings. The molecule has 2 N–H and O–H groups in total. The number of amides is 1. The van der Waals surface area contributed by atoms with Crippen molar-refractivity contribution in [1.82, 2.24) is 5.32 Å². The van der Waals surface area contributed by atoms with Crippen molar-refractivity contribution in [1.29, 1.82) is 0 Å². The monoisotopic (exact) mass is 412 g/mol. The van der Waals surface area contributed by atoms with Crippen LogP contribution in [0.5, 0.6) is 5.75 Å². The van der Waals surface area contributed by atoms with E-state index in [0.717, 1.165) is 4.47 Å². The highest BCUT2D eigenvalue weighted by atomic mass is 79.9. The van der Waals surface area contributed by atoms with Crippen molar-refractivity contribution in [2.75, 3.05) is 11.8 Å². The molecule has 0 aliphatic carbocycles. The second-order valence-corrected chi connectivity index (χ2v) is 7.56. The summed E-state index contributed by atoms with van der Waals surface area (Å²) in [6, 6.07) is 12.7. The summed E-state index contributed by atoms with van der Waals surface area (Å²) >= 11 is 3.29. The molecular weight excluding hydrogens is 396 g/mol. The number of anilines is 1. The first-order valence-electron chi connectivity index (χ1n) is 7.08. The maximum absolute atomic E-state index is 12.3. The molecule has 0 spiro atoms. The van der Waals surface area contributed by atoms with Crippen molar-refractivity contribution in [2.45, 2.75) is 17.9 Å². The standard InChI is InChI=1S/C16H17BrN2O4S/c1-11(16(20)18-2)23-14-7-9-15(10-8-14)24(21,22)19-13-5-3-12(17)4-6-13/h3-11,19H,1-2H3,(H,18,20)/t11-/m1/s1. The Hall–Kier alpha value is -2.06. The molecule has 0 bridgehead atoms. The molecule has 0 radical (unpaired) electrons. The topological polar surface area (TPSA) is 84.5 Å². The molecule has 8 heteroatoms. The van der Waals surface area contributed by atoms with Gasteiger partial charge in [-0.15, -0.1) is 0 Å². The molecule has 24 heavy (non-hydrogen) atoms. The van der Waals surface area contributed by atoms with Crippen molar-refractivity contribution in [3.63, 3.8) is 0 Å². The summed E-state index contributed by atoms with van der Waals surface area (Å²) in [6.07, 6.45) is -0.668. The smallest absolute Gasteiger partial charge is 0.261 e. The third-order valence-corrected chi connectivity index (χ3v) is 5.08. The molecular formula is C16H17BrN2O4S. The van der Waals surface area contributed by atoms with Crippen LogP contribution in [0.25, 0.3) is 0 Å². The zero-order valence-corrected chi connectivity index (χ0v) is 15.5. The lowest BCUT2D eigenvalue weighted by Gasteiger charge is -2.13. The zero-order chi connectivity index (χ0) is 17.7. The number of carbonyl (C=O) groups is 1. The lowest BCUT2D eigenvalue weighted by Crippen LogP contribution is -2.33. The van der Waals surface area contributed by atoms with Gasteiger partial charge in [-0.25, -0.2) is 8.42 Å². The number of carbonyl (C=O) groups excluding carboxylic acids is 1. The third kappa shape index (κ3) is 4.72. The summed E-state index contributed by atoms with van der Waals surface area (Å²) in [5, 5.41) is 2.48. The number of likely N-dealkylation sites (N-methyl/N-ethyl adjacent to an activating group) is 1. The average Bonchev–Trinajstić information content (AvgIpc) is 2.56. The number of hydrogen-bond donors (Lipinski definition) is 2. The number of hydrogen-bond acceptors (Lipinski definition) is 4. The predicted octanol–water partition coefficient (Wildman–Crippen LogP) is 2.76. The van der Waals surface area contributed by atoms with E-state index in [1.165, 1.54) is 31.3 Å². The van der Waals surface area contributed by atoms with E-state index in [0.29, 0.717) is 11.4 Å². The summed E-state index contributed by atoms with van der Waals surface area (Å²) in [5.41, 5.74) is 0.465. The number of sulfonamides is 1. The minimum Gasteiger partial charge on any atom is -0.481 e. The van der Waals surface area contributed by atoms with Crippen LogP contribution in [0, 0.1) is 0 Å². The summed E-state index contributed by atoms with van der Waals surface area (Å²) < 4.78 is 33.5. The van der Waals surface area contributed by atoms with Crippen molar-refractivity contribution in [2.24, 2.45) is 0 Å². The second kappa shape index (κ2) is 7.67. The molecule has 0 fully saturated rings. The van der Waals surface area contributed by atoms with Gasteiger partial charge in [0.05, 0.1) is 4.90 Å². The SMILES string of the molecule is CNC(=O)[C@@H](C)Oc1ccc(S(=O)(=O)Nc2ccc(Br)cc2)cc1. The first-order valence-corrected chi connectivity index (χ1v) is 9.36. The summed E-state index contributed by atoms with van der Waals surface area (Å²) in [6.45, 7) is 1.61. The fourth-order valence-corrected chi connectivity index (χ4v) is 3.21. The molecule has 1 amide bonds. The van der Waals surface area contributed by atoms with Gasteiger partial charge in [0.15, 0.2) is 6.10 Å². The second-order valence-electron chi connectivity index (χ2n) is 4.96. The van der Waals surface area contributed by atoms with E-state index in [4.69, 9.17) is 4.74 Å². The Morgan fingerprint density at radius 2 is 1.67 bits per heavy atom. The first kappa shape index (κ1) is 18.3. The Labute approximate surface area is 149 Å². The van der Waals surface area contributed by atoms with Crippen molar-refractivity contribution >= 4 is 37.5 Å². The van der Waals surface area contributed by atoms with Gasteiger partial charge in [0.25, 0.3) is 15.9 Å². The van der Waals surface area contributed by atoms with E-state index in [-0.39, 0.29) is 10.8 Å². The normalized spacial score (nSPS) is 12.3. The van der Waals surface area contributed by atoms with Gasteiger partial charge in [0, 0.05) is 17.2 Å². The molecule has 2 rings (SSSR count). The molecule has 0 aliphatic heterocycles. The molecule has 0 unspecified atom stereocenters. The van der Waals surface area contributed by atoms with Crippen LogP contribution in [0.15, 0.2) is 57.9 Å². The lowest BCUT2D eigenvalue weighted by atomic mass is 10.3. The van der Waals surface area contributed by atoms with Crippen molar-refractivity contribution in [3.05, 3.63) is 53.0 Å². The van der Waals surface area contributed by atoms with E-state index in [1.807, 2.05) is 0 Å². The van der Waals surface area contributed by atoms with Gasteiger partial charge in [-0.2, -0.15) is 0 Å². The largest absolute Gasteiger partial charge is 0.481 e. The molecule has 2 aromatic carbocycles. The molecule has 0 heterocycles. The van der Waals surface area contributed by atoms with Gasteiger partial charge in [0.1, 0.15) is 5.75 Å². The number of nitrogens with one attached hydrogen (secondary N) is 2. The minimum atomic E-state index is -3.69. The van der Waals surface area contributed by atoms with E-state index < -0.39 is 16.1 Å². The lowest BCUT2D eigenvalue weighted by molar-refractivity contribution is -0.126.